The summed E-state index contributed by atoms with van der Waals surface area (Å²) in [5, 5.41) is 6.39. The van der Waals surface area contributed by atoms with E-state index >= 15 is 0 Å². The van der Waals surface area contributed by atoms with Crippen molar-refractivity contribution in [1.82, 2.24) is 5.01 Å². The quantitative estimate of drug-likeness (QED) is 0.370. The van der Waals surface area contributed by atoms with Gasteiger partial charge in [-0.15, -0.1) is 0 Å². The largest absolute Gasteiger partial charge is 0.274 e. The zero-order valence-electron chi connectivity index (χ0n) is 17.7. The predicted octanol–water partition coefficient (Wildman–Crippen LogP) is 7.16. The van der Waals surface area contributed by atoms with Gasteiger partial charge in [-0.25, -0.2) is 13.8 Å². The summed E-state index contributed by atoms with van der Waals surface area (Å²) in [6, 6.07) is 19.6. The van der Waals surface area contributed by atoms with E-state index in [2.05, 4.69) is 15.9 Å². The van der Waals surface area contributed by atoms with Gasteiger partial charge in [0.05, 0.1) is 11.8 Å². The molecule has 1 fully saturated rings. The highest BCUT2D eigenvalue weighted by Crippen LogP contribution is 2.45. The highest BCUT2D eigenvalue weighted by molar-refractivity contribution is 9.10. The fourth-order valence-electron chi connectivity index (χ4n) is 4.65. The number of hydrazone groups is 1. The number of benzene rings is 3. The molecule has 0 N–H and O–H groups in total. The van der Waals surface area contributed by atoms with Crippen LogP contribution < -0.4 is 0 Å². The van der Waals surface area contributed by atoms with Crippen LogP contribution in [0.25, 0.3) is 6.08 Å². The van der Waals surface area contributed by atoms with Gasteiger partial charge in [-0.1, -0.05) is 40.2 Å². The van der Waals surface area contributed by atoms with Gasteiger partial charge in [0.25, 0.3) is 5.91 Å². The van der Waals surface area contributed by atoms with Crippen LogP contribution >= 0.6 is 15.9 Å². The lowest BCUT2D eigenvalue weighted by molar-refractivity contribution is 0.0681. The number of amides is 1. The standard InChI is InChI=1S/C27H21BrF2N2O/c28-21-10-6-19(7-11-21)27(33)32-26(18-8-14-23(30)15-9-18)24-3-1-2-20(25(24)31-32)16-17-4-12-22(29)13-5-17/h4-16,24,26H,1-3H2/b20-16-. The lowest BCUT2D eigenvalue weighted by Crippen LogP contribution is -2.31. The molecular formula is C27H21BrF2N2O. The SMILES string of the molecule is O=C(c1ccc(Br)cc1)N1N=C2/C(=C\c3ccc(F)cc3)CCCC2C1c1ccc(F)cc1. The lowest BCUT2D eigenvalue weighted by atomic mass is 9.77. The Hall–Kier alpha value is -3.12. The Morgan fingerprint density at radius 3 is 2.24 bits per heavy atom. The van der Waals surface area contributed by atoms with Gasteiger partial charge in [-0.3, -0.25) is 4.79 Å². The van der Waals surface area contributed by atoms with Gasteiger partial charge in [0.2, 0.25) is 0 Å². The Morgan fingerprint density at radius 1 is 0.939 bits per heavy atom. The van der Waals surface area contributed by atoms with E-state index in [-0.39, 0.29) is 29.5 Å². The molecule has 1 saturated carbocycles. The van der Waals surface area contributed by atoms with Gasteiger partial charge in [0.1, 0.15) is 11.6 Å². The van der Waals surface area contributed by atoms with Crippen molar-refractivity contribution < 1.29 is 13.6 Å². The van der Waals surface area contributed by atoms with Crippen LogP contribution in [-0.2, 0) is 0 Å². The molecule has 3 aromatic rings. The number of fused-ring (bicyclic) bond motifs is 1. The van der Waals surface area contributed by atoms with Crippen molar-refractivity contribution in [2.24, 2.45) is 11.0 Å². The molecule has 2 aliphatic rings. The molecule has 1 amide bonds. The lowest BCUT2D eigenvalue weighted by Gasteiger charge is -2.29. The molecule has 3 nitrogen and oxygen atoms in total. The van der Waals surface area contributed by atoms with E-state index in [9.17, 15) is 13.6 Å². The van der Waals surface area contributed by atoms with E-state index in [0.29, 0.717) is 5.56 Å². The number of hydrogen-bond acceptors (Lipinski definition) is 2. The first kappa shape index (κ1) is 21.7. The monoisotopic (exact) mass is 506 g/mol. The highest BCUT2D eigenvalue weighted by atomic mass is 79.9. The second kappa shape index (κ2) is 9.02. The third kappa shape index (κ3) is 4.40. The van der Waals surface area contributed by atoms with Crippen LogP contribution in [0.5, 0.6) is 0 Å². The van der Waals surface area contributed by atoms with Crippen LogP contribution in [0.1, 0.15) is 46.8 Å². The fraction of sp³-hybridized carbons (Fsp3) is 0.185. The summed E-state index contributed by atoms with van der Waals surface area (Å²) in [5.41, 5.74) is 4.22. The maximum Gasteiger partial charge on any atom is 0.274 e. The Bertz CT molecular complexity index is 1230. The Kier molecular flexibility index (Phi) is 5.94. The first-order chi connectivity index (χ1) is 16.0. The first-order valence-electron chi connectivity index (χ1n) is 10.9. The molecule has 1 aliphatic carbocycles. The normalized spacial score (nSPS) is 21.1. The molecule has 166 valence electrons. The maximum atomic E-state index is 13.6. The Balaban J connectivity index is 1.57. The minimum atomic E-state index is -0.316. The Morgan fingerprint density at radius 2 is 1.58 bits per heavy atom. The van der Waals surface area contributed by atoms with E-state index in [4.69, 9.17) is 5.10 Å². The topological polar surface area (TPSA) is 32.7 Å². The van der Waals surface area contributed by atoms with Crippen LogP contribution in [-0.4, -0.2) is 16.6 Å². The number of allylic oxidation sites excluding steroid dienone is 1. The summed E-state index contributed by atoms with van der Waals surface area (Å²) >= 11 is 3.41. The van der Waals surface area contributed by atoms with Gasteiger partial charge in [0.15, 0.2) is 0 Å². The molecule has 1 heterocycles. The summed E-state index contributed by atoms with van der Waals surface area (Å²) in [4.78, 5) is 13.5. The molecule has 6 heteroatoms. The van der Waals surface area contributed by atoms with Crippen molar-refractivity contribution in [1.29, 1.82) is 0 Å². The maximum absolute atomic E-state index is 13.6. The molecule has 2 atom stereocenters. The number of carbonyl (C=O) groups is 1. The molecule has 0 aromatic heterocycles. The summed E-state index contributed by atoms with van der Waals surface area (Å²) < 4.78 is 27.9. The predicted molar refractivity (Wildman–Crippen MR) is 129 cm³/mol. The van der Waals surface area contributed by atoms with E-state index in [1.807, 2.05) is 18.2 Å². The van der Waals surface area contributed by atoms with Crippen LogP contribution in [0.2, 0.25) is 0 Å². The summed E-state index contributed by atoms with van der Waals surface area (Å²) in [6.45, 7) is 0. The number of carbonyl (C=O) groups excluding carboxylic acids is 1. The van der Waals surface area contributed by atoms with E-state index in [1.54, 1.807) is 41.4 Å². The van der Waals surface area contributed by atoms with E-state index < -0.39 is 0 Å². The molecule has 2 unspecified atom stereocenters. The van der Waals surface area contributed by atoms with Crippen LogP contribution in [0.15, 0.2) is 87.9 Å². The van der Waals surface area contributed by atoms with E-state index in [1.165, 1.54) is 24.3 Å². The molecule has 3 aromatic carbocycles. The number of nitrogens with zero attached hydrogens (tertiary/aromatic N) is 2. The van der Waals surface area contributed by atoms with Gasteiger partial charge < -0.3 is 0 Å². The van der Waals surface area contributed by atoms with Crippen molar-refractivity contribution in [3.8, 4) is 0 Å². The third-order valence-corrected chi connectivity index (χ3v) is 6.75. The highest BCUT2D eigenvalue weighted by Gasteiger charge is 2.43. The summed E-state index contributed by atoms with van der Waals surface area (Å²) in [6.07, 6.45) is 4.70. The van der Waals surface area contributed by atoms with Crippen molar-refractivity contribution in [3.05, 3.63) is 111 Å². The number of rotatable bonds is 3. The average Bonchev–Trinajstić information content (AvgIpc) is 3.22. The molecule has 1 aliphatic heterocycles. The number of hydrogen-bond donors (Lipinski definition) is 0. The summed E-state index contributed by atoms with van der Waals surface area (Å²) in [5.74, 6) is -0.779. The number of halogens is 3. The van der Waals surface area contributed by atoms with Gasteiger partial charge in [0, 0.05) is 16.0 Å². The molecule has 0 radical (unpaired) electrons. The fourth-order valence-corrected chi connectivity index (χ4v) is 4.91. The van der Waals surface area contributed by atoms with Gasteiger partial charge in [-0.2, -0.15) is 5.10 Å². The van der Waals surface area contributed by atoms with Crippen LogP contribution in [0, 0.1) is 17.6 Å². The van der Waals surface area contributed by atoms with Gasteiger partial charge in [-0.05, 0) is 90.6 Å². The van der Waals surface area contributed by atoms with Crippen LogP contribution in [0.4, 0.5) is 8.78 Å². The second-order valence-electron chi connectivity index (χ2n) is 8.36. The molecule has 0 saturated heterocycles. The Labute approximate surface area is 199 Å². The molecule has 0 spiro atoms. The van der Waals surface area contributed by atoms with Crippen molar-refractivity contribution >= 4 is 33.6 Å². The third-order valence-electron chi connectivity index (χ3n) is 6.22. The van der Waals surface area contributed by atoms with Crippen LogP contribution in [0.3, 0.4) is 0 Å². The van der Waals surface area contributed by atoms with Gasteiger partial charge >= 0.3 is 0 Å². The van der Waals surface area contributed by atoms with Crippen molar-refractivity contribution in [3.63, 3.8) is 0 Å². The molecule has 0 bridgehead atoms. The zero-order valence-corrected chi connectivity index (χ0v) is 19.3. The average molecular weight is 507 g/mol. The summed E-state index contributed by atoms with van der Waals surface area (Å²) in [7, 11) is 0. The second-order valence-corrected chi connectivity index (χ2v) is 9.27. The van der Waals surface area contributed by atoms with E-state index in [0.717, 1.165) is 46.1 Å². The van der Waals surface area contributed by atoms with Crippen molar-refractivity contribution in [2.75, 3.05) is 0 Å². The van der Waals surface area contributed by atoms with Crippen molar-refractivity contribution in [2.45, 2.75) is 25.3 Å². The zero-order chi connectivity index (χ0) is 22.9. The molecular weight excluding hydrogens is 486 g/mol. The molecule has 5 rings (SSSR count). The first-order valence-corrected chi connectivity index (χ1v) is 11.7. The smallest absolute Gasteiger partial charge is 0.267 e. The molecule has 33 heavy (non-hydrogen) atoms. The minimum Gasteiger partial charge on any atom is -0.267 e. The minimum absolute atomic E-state index is 0.00954.